The van der Waals surface area contributed by atoms with Crippen molar-refractivity contribution in [3.8, 4) is 5.69 Å². The van der Waals surface area contributed by atoms with Crippen molar-refractivity contribution in [2.75, 3.05) is 24.5 Å². The van der Waals surface area contributed by atoms with E-state index in [9.17, 15) is 9.18 Å². The van der Waals surface area contributed by atoms with Crippen LogP contribution in [0, 0.1) is 11.7 Å². The topological polar surface area (TPSA) is 63.1 Å². The van der Waals surface area contributed by atoms with E-state index < -0.39 is 0 Å². The third-order valence-corrected chi connectivity index (χ3v) is 4.86. The molecule has 4 rings (SSSR count). The Balaban J connectivity index is 1.35. The molecule has 27 heavy (non-hydrogen) atoms. The first kappa shape index (κ1) is 17.2. The van der Waals surface area contributed by atoms with Gasteiger partial charge < -0.3 is 10.2 Å². The Labute approximate surface area is 156 Å². The predicted octanol–water partition coefficient (Wildman–Crippen LogP) is 2.66. The zero-order valence-corrected chi connectivity index (χ0v) is 14.8. The highest BCUT2D eigenvalue weighted by Crippen LogP contribution is 2.25. The number of halogens is 1. The smallest absolute Gasteiger partial charge is 0.251 e. The van der Waals surface area contributed by atoms with E-state index in [1.165, 1.54) is 6.07 Å². The standard InChI is InChI=1S/C20H20FN5O/c21-18-6-1-2-7-19(18)25-9-8-15(12-25)11-22-20(27)16-4-3-5-17(10-16)26-13-23-24-14-26/h1-7,10,13-15H,8-9,11-12H2,(H,22,27). The molecular formula is C20H20FN5O. The van der Waals surface area contributed by atoms with Crippen molar-refractivity contribution >= 4 is 11.6 Å². The summed E-state index contributed by atoms with van der Waals surface area (Å²) in [5.74, 6) is -0.0168. The van der Waals surface area contributed by atoms with E-state index >= 15 is 0 Å². The molecule has 0 radical (unpaired) electrons. The lowest BCUT2D eigenvalue weighted by Crippen LogP contribution is -2.31. The van der Waals surface area contributed by atoms with Crippen LogP contribution in [-0.2, 0) is 0 Å². The molecule has 0 saturated carbocycles. The molecule has 1 amide bonds. The van der Waals surface area contributed by atoms with Crippen molar-refractivity contribution in [2.24, 2.45) is 5.92 Å². The Morgan fingerprint density at radius 2 is 1.96 bits per heavy atom. The number of benzene rings is 2. The average Bonchev–Trinajstić information content (AvgIpc) is 3.39. The van der Waals surface area contributed by atoms with Crippen molar-refractivity contribution < 1.29 is 9.18 Å². The third-order valence-electron chi connectivity index (χ3n) is 4.86. The van der Waals surface area contributed by atoms with E-state index in [0.717, 1.165) is 25.2 Å². The van der Waals surface area contributed by atoms with Gasteiger partial charge in [-0.2, -0.15) is 0 Å². The van der Waals surface area contributed by atoms with E-state index in [-0.39, 0.29) is 11.7 Å². The summed E-state index contributed by atoms with van der Waals surface area (Å²) < 4.78 is 15.7. The Kier molecular flexibility index (Phi) is 4.82. The number of rotatable bonds is 5. The number of hydrogen-bond acceptors (Lipinski definition) is 4. The molecule has 0 aliphatic carbocycles. The lowest BCUT2D eigenvalue weighted by molar-refractivity contribution is 0.0948. The van der Waals surface area contributed by atoms with Gasteiger partial charge in [0.15, 0.2) is 0 Å². The van der Waals surface area contributed by atoms with Crippen LogP contribution in [0.2, 0.25) is 0 Å². The summed E-state index contributed by atoms with van der Waals surface area (Å²) in [6.45, 7) is 2.10. The maximum Gasteiger partial charge on any atom is 0.251 e. The highest BCUT2D eigenvalue weighted by molar-refractivity contribution is 5.94. The fraction of sp³-hybridized carbons (Fsp3) is 0.250. The minimum atomic E-state index is -0.201. The molecule has 7 heteroatoms. The number of para-hydroxylation sites is 1. The molecule has 1 aliphatic heterocycles. The van der Waals surface area contributed by atoms with Crippen LogP contribution in [0.5, 0.6) is 0 Å². The van der Waals surface area contributed by atoms with Crippen molar-refractivity contribution in [2.45, 2.75) is 6.42 Å². The summed E-state index contributed by atoms with van der Waals surface area (Å²) >= 11 is 0. The van der Waals surface area contributed by atoms with Crippen molar-refractivity contribution in [3.63, 3.8) is 0 Å². The summed E-state index contributed by atoms with van der Waals surface area (Å²) in [5.41, 5.74) is 2.05. The first-order valence-electron chi connectivity index (χ1n) is 8.93. The Bertz CT molecular complexity index is 928. The maximum atomic E-state index is 13.9. The minimum Gasteiger partial charge on any atom is -0.369 e. The van der Waals surface area contributed by atoms with Gasteiger partial charge in [0.25, 0.3) is 5.91 Å². The molecule has 1 saturated heterocycles. The van der Waals surface area contributed by atoms with Crippen LogP contribution in [0.15, 0.2) is 61.2 Å². The van der Waals surface area contributed by atoms with Gasteiger partial charge in [0.05, 0.1) is 5.69 Å². The SMILES string of the molecule is O=C(NCC1CCN(c2ccccc2F)C1)c1cccc(-n2cnnc2)c1. The summed E-state index contributed by atoms with van der Waals surface area (Å²) in [6, 6.07) is 14.1. The molecule has 0 spiro atoms. The third kappa shape index (κ3) is 3.81. The molecular weight excluding hydrogens is 345 g/mol. The number of nitrogens with one attached hydrogen (secondary N) is 1. The van der Waals surface area contributed by atoms with Crippen LogP contribution in [0.1, 0.15) is 16.8 Å². The summed E-state index contributed by atoms with van der Waals surface area (Å²) in [4.78, 5) is 14.5. The molecule has 2 heterocycles. The van der Waals surface area contributed by atoms with E-state index in [1.54, 1.807) is 41.5 Å². The van der Waals surface area contributed by atoms with E-state index in [4.69, 9.17) is 0 Å². The number of carbonyl (C=O) groups is 1. The summed E-state index contributed by atoms with van der Waals surface area (Å²) in [7, 11) is 0. The highest BCUT2D eigenvalue weighted by Gasteiger charge is 2.24. The molecule has 1 atom stereocenters. The molecule has 3 aromatic rings. The van der Waals surface area contributed by atoms with Crippen LogP contribution < -0.4 is 10.2 Å². The monoisotopic (exact) mass is 365 g/mol. The van der Waals surface area contributed by atoms with Gasteiger partial charge in [-0.05, 0) is 42.7 Å². The van der Waals surface area contributed by atoms with Gasteiger partial charge in [0, 0.05) is 30.9 Å². The Hall–Kier alpha value is -3.22. The van der Waals surface area contributed by atoms with Gasteiger partial charge in [-0.15, -0.1) is 10.2 Å². The fourth-order valence-corrected chi connectivity index (χ4v) is 3.41. The van der Waals surface area contributed by atoms with Crippen LogP contribution in [-0.4, -0.2) is 40.3 Å². The van der Waals surface area contributed by atoms with E-state index in [0.29, 0.717) is 23.7 Å². The molecule has 1 aromatic heterocycles. The second-order valence-corrected chi connectivity index (χ2v) is 6.68. The number of nitrogens with zero attached hydrogens (tertiary/aromatic N) is 4. The molecule has 6 nitrogen and oxygen atoms in total. The molecule has 0 bridgehead atoms. The first-order valence-corrected chi connectivity index (χ1v) is 8.93. The zero-order valence-electron chi connectivity index (χ0n) is 14.8. The predicted molar refractivity (Wildman–Crippen MR) is 100 cm³/mol. The second kappa shape index (κ2) is 7.57. The summed E-state index contributed by atoms with van der Waals surface area (Å²) in [6.07, 6.45) is 4.11. The minimum absolute atomic E-state index is 0.116. The zero-order chi connectivity index (χ0) is 18.6. The molecule has 2 aromatic carbocycles. The quantitative estimate of drug-likeness (QED) is 0.755. The van der Waals surface area contributed by atoms with E-state index in [2.05, 4.69) is 15.5 Å². The van der Waals surface area contributed by atoms with Gasteiger partial charge in [0.1, 0.15) is 18.5 Å². The number of hydrogen-bond donors (Lipinski definition) is 1. The first-order chi connectivity index (χ1) is 13.2. The van der Waals surface area contributed by atoms with E-state index in [1.807, 2.05) is 23.1 Å². The van der Waals surface area contributed by atoms with Gasteiger partial charge in [-0.1, -0.05) is 18.2 Å². The molecule has 138 valence electrons. The Morgan fingerprint density at radius 1 is 1.15 bits per heavy atom. The second-order valence-electron chi connectivity index (χ2n) is 6.68. The van der Waals surface area contributed by atoms with Crippen LogP contribution in [0.4, 0.5) is 10.1 Å². The lowest BCUT2D eigenvalue weighted by Gasteiger charge is -2.19. The number of amides is 1. The van der Waals surface area contributed by atoms with Crippen LogP contribution in [0.25, 0.3) is 5.69 Å². The van der Waals surface area contributed by atoms with Gasteiger partial charge in [-0.25, -0.2) is 4.39 Å². The highest BCUT2D eigenvalue weighted by atomic mass is 19.1. The van der Waals surface area contributed by atoms with Crippen molar-refractivity contribution in [3.05, 3.63) is 72.6 Å². The molecule has 1 unspecified atom stereocenters. The summed E-state index contributed by atoms with van der Waals surface area (Å²) in [5, 5.41) is 10.6. The fourth-order valence-electron chi connectivity index (χ4n) is 3.41. The number of aromatic nitrogens is 3. The lowest BCUT2D eigenvalue weighted by atomic mass is 10.1. The van der Waals surface area contributed by atoms with Crippen molar-refractivity contribution in [1.29, 1.82) is 0 Å². The van der Waals surface area contributed by atoms with Gasteiger partial charge >= 0.3 is 0 Å². The molecule has 1 N–H and O–H groups in total. The van der Waals surface area contributed by atoms with Crippen LogP contribution in [0.3, 0.4) is 0 Å². The largest absolute Gasteiger partial charge is 0.369 e. The maximum absolute atomic E-state index is 13.9. The number of anilines is 1. The average molecular weight is 365 g/mol. The van der Waals surface area contributed by atoms with Crippen molar-refractivity contribution in [1.82, 2.24) is 20.1 Å². The van der Waals surface area contributed by atoms with Gasteiger partial charge in [-0.3, -0.25) is 9.36 Å². The van der Waals surface area contributed by atoms with Gasteiger partial charge in [0.2, 0.25) is 0 Å². The van der Waals surface area contributed by atoms with Crippen LogP contribution >= 0.6 is 0 Å². The number of carbonyl (C=O) groups excluding carboxylic acids is 1. The molecule has 1 aliphatic rings. The normalized spacial score (nSPS) is 16.5. The Morgan fingerprint density at radius 3 is 2.78 bits per heavy atom. The molecule has 1 fully saturated rings.